The number of ether oxygens (including phenoxy) is 2. The Kier molecular flexibility index (Phi) is 10.0. The average molecular weight is 800 g/mol. The summed E-state index contributed by atoms with van der Waals surface area (Å²) in [5, 5.41) is 12.0. The first kappa shape index (κ1) is 39.2. The van der Waals surface area contributed by atoms with Gasteiger partial charge in [0.15, 0.2) is 5.60 Å². The van der Waals surface area contributed by atoms with Crippen molar-refractivity contribution in [1.29, 1.82) is 0 Å². The van der Waals surface area contributed by atoms with Crippen LogP contribution >= 0.6 is 0 Å². The van der Waals surface area contributed by atoms with Crippen molar-refractivity contribution < 1.29 is 29.0 Å². The number of methoxy groups -OCH3 is 1. The molecule has 1 spiro atoms. The molecule has 6 aromatic rings. The van der Waals surface area contributed by atoms with E-state index in [1.165, 1.54) is 0 Å². The summed E-state index contributed by atoms with van der Waals surface area (Å²) in [5.74, 6) is -0.324. The number of aliphatic hydroxyl groups is 1. The maximum Gasteiger partial charge on any atom is 0.264 e. The van der Waals surface area contributed by atoms with Gasteiger partial charge < -0.3 is 24.4 Å². The van der Waals surface area contributed by atoms with E-state index >= 15 is 4.79 Å². The fourth-order valence-corrected chi connectivity index (χ4v) is 10.3. The van der Waals surface area contributed by atoms with Crippen molar-refractivity contribution in [2.24, 2.45) is 11.8 Å². The van der Waals surface area contributed by atoms with Gasteiger partial charge >= 0.3 is 0 Å². The molecule has 0 aromatic heterocycles. The van der Waals surface area contributed by atoms with Crippen LogP contribution in [0, 0.1) is 11.8 Å². The van der Waals surface area contributed by atoms with Crippen LogP contribution in [-0.4, -0.2) is 54.1 Å². The van der Waals surface area contributed by atoms with E-state index in [2.05, 4.69) is 32.9 Å². The Morgan fingerprint density at radius 1 is 0.833 bits per heavy atom. The highest BCUT2D eigenvalue weighted by Crippen LogP contribution is 2.60. The highest BCUT2D eigenvalue weighted by Gasteiger charge is 2.66. The van der Waals surface area contributed by atoms with Gasteiger partial charge in [0.1, 0.15) is 5.75 Å². The van der Waals surface area contributed by atoms with E-state index in [1.54, 1.807) is 21.8 Å². The number of fused-ring (bicyclic) bond motifs is 2. The summed E-state index contributed by atoms with van der Waals surface area (Å²) < 4.78 is 12.7. The molecule has 0 unspecified atom stereocenters. The molecule has 1 fully saturated rings. The van der Waals surface area contributed by atoms with Gasteiger partial charge in [0.2, 0.25) is 5.91 Å². The number of carbonyl (C=O) groups is 3. The van der Waals surface area contributed by atoms with Crippen molar-refractivity contribution in [3.8, 4) is 5.75 Å². The molecule has 6 aromatic carbocycles. The van der Waals surface area contributed by atoms with Gasteiger partial charge in [0.25, 0.3) is 11.8 Å². The molecule has 9 heteroatoms. The fourth-order valence-electron chi connectivity index (χ4n) is 10.3. The van der Waals surface area contributed by atoms with Gasteiger partial charge in [-0.05, 0) is 70.0 Å². The van der Waals surface area contributed by atoms with Gasteiger partial charge in [-0.15, -0.1) is 0 Å². The van der Waals surface area contributed by atoms with Gasteiger partial charge in [-0.1, -0.05) is 118 Å². The summed E-state index contributed by atoms with van der Waals surface area (Å²) in [5.41, 5.74) is 4.70. The topological polar surface area (TPSA) is 99.6 Å². The number of aliphatic hydroxyl groups excluding tert-OH is 1. The molecule has 1 N–H and O–H groups in total. The molecule has 3 aliphatic rings. The molecular formula is C51H49N3O6. The van der Waals surface area contributed by atoms with Crippen molar-refractivity contribution in [1.82, 2.24) is 4.90 Å². The predicted molar refractivity (Wildman–Crippen MR) is 233 cm³/mol. The second kappa shape index (κ2) is 15.4. The number of benzene rings is 6. The first-order valence-corrected chi connectivity index (χ1v) is 20.7. The normalized spacial score (nSPS) is 20.6. The van der Waals surface area contributed by atoms with E-state index in [-0.39, 0.29) is 55.7 Å². The zero-order chi connectivity index (χ0) is 41.8. The molecule has 9 nitrogen and oxygen atoms in total. The van der Waals surface area contributed by atoms with Gasteiger partial charge in [-0.2, -0.15) is 0 Å². The van der Waals surface area contributed by atoms with Gasteiger partial charge in [-0.25, -0.2) is 0 Å². The lowest BCUT2D eigenvalue weighted by molar-refractivity contribution is -0.150. The van der Waals surface area contributed by atoms with Crippen LogP contribution in [0.1, 0.15) is 59.8 Å². The van der Waals surface area contributed by atoms with E-state index in [0.717, 1.165) is 55.8 Å². The van der Waals surface area contributed by atoms with Crippen LogP contribution < -0.4 is 14.5 Å². The Morgan fingerprint density at radius 2 is 1.52 bits per heavy atom. The van der Waals surface area contributed by atoms with Crippen molar-refractivity contribution in [2.75, 3.05) is 30.1 Å². The predicted octanol–water partition coefficient (Wildman–Crippen LogP) is 8.92. The quantitative estimate of drug-likeness (QED) is 0.133. The average Bonchev–Trinajstić information content (AvgIpc) is 3.82. The lowest BCUT2D eigenvalue weighted by Crippen LogP contribution is -2.45. The first-order valence-electron chi connectivity index (χ1n) is 20.7. The number of para-hydroxylation sites is 1. The monoisotopic (exact) mass is 799 g/mol. The molecular weight excluding hydrogens is 751 g/mol. The smallest absolute Gasteiger partial charge is 0.264 e. The molecule has 3 aliphatic heterocycles. The van der Waals surface area contributed by atoms with Crippen molar-refractivity contribution >= 4 is 45.6 Å². The number of carbonyl (C=O) groups excluding carboxylic acids is 3. The highest BCUT2D eigenvalue weighted by molar-refractivity contribution is 6.27. The molecule has 304 valence electrons. The third kappa shape index (κ3) is 6.35. The molecule has 0 saturated carbocycles. The standard InChI is InChI=1S/C51H49N3O6/c1-33-47(50(2,3)37-23-25-39(59-4)26-24-37)44(30-45(56)52(27-28-55)31-34-13-6-5-7-14-34)60-51(33)41-20-8-9-21-42(41)53(49(51)58)32-35-15-10-18-38(29-35)54-43-22-12-17-36-16-11-19-40(46(36)43)48(54)57/h5-26,29,33,44,47,55H,27-28,30-32H2,1-4H3/t33-,44+,47-,51+/m0/s1. The summed E-state index contributed by atoms with van der Waals surface area (Å²) >= 11 is 0. The number of rotatable bonds is 12. The van der Waals surface area contributed by atoms with Crippen LogP contribution in [0.4, 0.5) is 17.1 Å². The summed E-state index contributed by atoms with van der Waals surface area (Å²) in [6, 6.07) is 45.2. The second-order valence-electron chi connectivity index (χ2n) is 16.8. The van der Waals surface area contributed by atoms with E-state index in [1.807, 2.05) is 127 Å². The van der Waals surface area contributed by atoms with E-state index in [0.29, 0.717) is 12.1 Å². The zero-order valence-corrected chi connectivity index (χ0v) is 34.4. The minimum atomic E-state index is -1.38. The van der Waals surface area contributed by atoms with E-state index in [4.69, 9.17) is 9.47 Å². The van der Waals surface area contributed by atoms with E-state index in [9.17, 15) is 14.7 Å². The third-order valence-corrected chi connectivity index (χ3v) is 13.1. The number of hydrogen-bond donors (Lipinski definition) is 1. The second-order valence-corrected chi connectivity index (χ2v) is 16.8. The van der Waals surface area contributed by atoms with Gasteiger partial charge in [0.05, 0.1) is 49.7 Å². The Bertz CT molecular complexity index is 2600. The summed E-state index contributed by atoms with van der Waals surface area (Å²) in [6.07, 6.45) is -0.618. The molecule has 0 aliphatic carbocycles. The minimum Gasteiger partial charge on any atom is -0.497 e. The molecule has 9 rings (SSSR count). The van der Waals surface area contributed by atoms with Gasteiger partial charge in [0, 0.05) is 41.6 Å². The molecule has 60 heavy (non-hydrogen) atoms. The fraction of sp³-hybridized carbons (Fsp3) is 0.275. The Labute approximate surface area is 350 Å². The summed E-state index contributed by atoms with van der Waals surface area (Å²) in [7, 11) is 1.64. The minimum absolute atomic E-state index is 0.0275. The van der Waals surface area contributed by atoms with E-state index < -0.39 is 17.1 Å². The molecule has 1 saturated heterocycles. The van der Waals surface area contributed by atoms with Crippen LogP contribution in [0.25, 0.3) is 10.8 Å². The lowest BCUT2D eigenvalue weighted by Gasteiger charge is -2.39. The Balaban J connectivity index is 1.07. The molecule has 0 radical (unpaired) electrons. The van der Waals surface area contributed by atoms with Crippen LogP contribution in [0.5, 0.6) is 5.75 Å². The van der Waals surface area contributed by atoms with Crippen LogP contribution in [0.2, 0.25) is 0 Å². The highest BCUT2D eigenvalue weighted by atomic mass is 16.5. The summed E-state index contributed by atoms with van der Waals surface area (Å²) in [6.45, 7) is 7.01. The molecule has 4 atom stereocenters. The molecule has 0 bridgehead atoms. The molecule has 3 amide bonds. The van der Waals surface area contributed by atoms with Crippen LogP contribution in [0.3, 0.4) is 0 Å². The zero-order valence-electron chi connectivity index (χ0n) is 34.4. The summed E-state index contributed by atoms with van der Waals surface area (Å²) in [4.78, 5) is 49.0. The largest absolute Gasteiger partial charge is 0.497 e. The van der Waals surface area contributed by atoms with Crippen molar-refractivity contribution in [3.05, 3.63) is 167 Å². The lowest BCUT2D eigenvalue weighted by atomic mass is 9.63. The number of nitrogens with zero attached hydrogens (tertiary/aromatic N) is 3. The van der Waals surface area contributed by atoms with Crippen LogP contribution in [0.15, 0.2) is 140 Å². The first-order chi connectivity index (χ1) is 29.1. The Hall–Kier alpha value is -6.29. The van der Waals surface area contributed by atoms with Crippen molar-refractivity contribution in [3.63, 3.8) is 0 Å². The number of hydrogen-bond acceptors (Lipinski definition) is 6. The van der Waals surface area contributed by atoms with Gasteiger partial charge in [-0.3, -0.25) is 19.3 Å². The maximum absolute atomic E-state index is 15.5. The molecule has 3 heterocycles. The number of amides is 3. The Morgan fingerprint density at radius 3 is 2.27 bits per heavy atom. The maximum atomic E-state index is 15.5. The SMILES string of the molecule is COc1ccc(C(C)(C)[C@@H]2[C@@H](CC(=O)N(CCO)Cc3ccccc3)O[C@]3(C(=O)N(Cc4cccc(N5C(=O)c6cccc7cccc5c67)c4)c4ccccc43)[C@H]2C)cc1. The third-order valence-electron chi connectivity index (χ3n) is 13.1. The van der Waals surface area contributed by atoms with Crippen molar-refractivity contribution in [2.45, 2.75) is 57.4 Å². The number of anilines is 3. The van der Waals surface area contributed by atoms with Crippen LogP contribution in [-0.2, 0) is 38.4 Å².